The number of likely N-dealkylation sites (tertiary alicyclic amines) is 1. The van der Waals surface area contributed by atoms with E-state index in [-0.39, 0.29) is 36.1 Å². The number of carbonyl (C=O) groups is 3. The van der Waals surface area contributed by atoms with Crippen molar-refractivity contribution in [2.24, 2.45) is 0 Å². The minimum atomic E-state index is -0.738. The molecule has 286 valence electrons. The number of allylic oxidation sites excluding steroid dienone is 2. The zero-order valence-electron chi connectivity index (χ0n) is 31.7. The maximum Gasteiger partial charge on any atom is 0.259 e. The molecule has 0 aromatic heterocycles. The SMILES string of the molecule is CNC(=O)C(CCC=O)N1C(=O)c2cccc3c(C4CCC(N5CCC(c6ccc(N7C=CC(=N)/C7=C\C(=N)c7ccccc7O)cc6)CC5)CC4)ccc1c23. The lowest BCUT2D eigenvalue weighted by Crippen LogP contribution is -2.47. The normalized spacial score (nSPS) is 21.3. The Morgan fingerprint density at radius 3 is 2.39 bits per heavy atom. The predicted octanol–water partition coefficient (Wildman–Crippen LogP) is 7.81. The summed E-state index contributed by atoms with van der Waals surface area (Å²) >= 11 is 0. The van der Waals surface area contributed by atoms with Crippen LogP contribution in [0.2, 0.25) is 0 Å². The Kier molecular flexibility index (Phi) is 10.4. The number of carbonyl (C=O) groups excluding carboxylic acids is 3. The third kappa shape index (κ3) is 6.83. The topological polar surface area (TPSA) is 141 Å². The van der Waals surface area contributed by atoms with Crippen molar-refractivity contribution in [3.8, 4) is 5.75 Å². The first kappa shape index (κ1) is 37.1. The van der Waals surface area contributed by atoms with Gasteiger partial charge >= 0.3 is 0 Å². The van der Waals surface area contributed by atoms with Crippen molar-refractivity contribution in [2.75, 3.05) is 29.9 Å². The van der Waals surface area contributed by atoms with E-state index in [0.29, 0.717) is 40.4 Å². The smallest absolute Gasteiger partial charge is 0.259 e. The van der Waals surface area contributed by atoms with E-state index in [1.54, 1.807) is 48.4 Å². The lowest BCUT2D eigenvalue weighted by atomic mass is 9.78. The number of anilines is 2. The molecule has 4 aromatic carbocycles. The van der Waals surface area contributed by atoms with Crippen molar-refractivity contribution in [3.05, 3.63) is 125 Å². The summed E-state index contributed by atoms with van der Waals surface area (Å²) in [5.74, 6) is 0.496. The van der Waals surface area contributed by atoms with Crippen LogP contribution in [-0.4, -0.2) is 71.8 Å². The molecule has 56 heavy (non-hydrogen) atoms. The lowest BCUT2D eigenvalue weighted by molar-refractivity contribution is -0.122. The Labute approximate surface area is 327 Å². The van der Waals surface area contributed by atoms with Gasteiger partial charge in [-0.3, -0.25) is 19.9 Å². The molecule has 1 saturated heterocycles. The van der Waals surface area contributed by atoms with Gasteiger partial charge in [-0.05, 0) is 135 Å². The van der Waals surface area contributed by atoms with E-state index in [9.17, 15) is 19.5 Å². The second-order valence-corrected chi connectivity index (χ2v) is 15.4. The molecule has 1 saturated carbocycles. The van der Waals surface area contributed by atoms with Gasteiger partial charge in [0.25, 0.3) is 5.91 Å². The average Bonchev–Trinajstić information content (AvgIpc) is 3.74. The highest BCUT2D eigenvalue weighted by Gasteiger charge is 2.39. The molecular formula is C46H48N6O4. The Balaban J connectivity index is 0.889. The fourth-order valence-corrected chi connectivity index (χ4v) is 9.45. The first-order valence-corrected chi connectivity index (χ1v) is 19.8. The van der Waals surface area contributed by atoms with Crippen LogP contribution in [-0.2, 0) is 9.59 Å². The third-order valence-electron chi connectivity index (χ3n) is 12.4. The molecule has 0 bridgehead atoms. The van der Waals surface area contributed by atoms with Gasteiger partial charge in [-0.25, -0.2) is 0 Å². The van der Waals surface area contributed by atoms with Crippen LogP contribution in [0.25, 0.3) is 10.8 Å². The molecule has 3 heterocycles. The summed E-state index contributed by atoms with van der Waals surface area (Å²) in [6, 6.07) is 25.3. The molecule has 10 nitrogen and oxygen atoms in total. The molecule has 3 aliphatic heterocycles. The zero-order chi connectivity index (χ0) is 38.9. The Morgan fingerprint density at radius 1 is 0.929 bits per heavy atom. The van der Waals surface area contributed by atoms with Crippen LogP contribution in [0.5, 0.6) is 5.75 Å². The molecule has 0 radical (unpaired) electrons. The second-order valence-electron chi connectivity index (χ2n) is 15.4. The number of piperidine rings is 1. The molecule has 1 aliphatic carbocycles. The van der Waals surface area contributed by atoms with Crippen molar-refractivity contribution in [2.45, 2.75) is 75.3 Å². The number of likely N-dealkylation sites (N-methyl/N-ethyl adjacent to an activating group) is 1. The molecule has 1 atom stereocenters. The number of nitrogens with zero attached hydrogens (tertiary/aromatic N) is 3. The quantitative estimate of drug-likeness (QED) is 0.0912. The van der Waals surface area contributed by atoms with Gasteiger partial charge in [-0.15, -0.1) is 0 Å². The van der Waals surface area contributed by atoms with Gasteiger partial charge in [0.05, 0.1) is 22.8 Å². The first-order chi connectivity index (χ1) is 27.3. The van der Waals surface area contributed by atoms with Crippen LogP contribution in [0.4, 0.5) is 11.4 Å². The standard InChI is InChI=1S/C46H48N6O4/c1-49-45(55)41(9-5-27-53)52-40-20-19-34(35-7-4-8-37(44(35)40)46(52)56)31-13-15-32(16-14-31)50-24-21-30(22-25-50)29-11-17-33(18-12-29)51-26-23-38(47)42(51)28-39(48)36-6-2-3-10-43(36)54/h2-4,6-8,10-12,17-20,23,26-28,30-32,41,47-48,54H,5,9,13-16,21-22,24-25H2,1H3,(H,49,55)/b42-28+,47-38?,48-39?. The average molecular weight is 749 g/mol. The number of benzene rings is 4. The summed E-state index contributed by atoms with van der Waals surface area (Å²) in [5.41, 5.74) is 6.44. The number of aromatic hydroxyl groups is 1. The lowest BCUT2D eigenvalue weighted by Gasteiger charge is -2.41. The van der Waals surface area contributed by atoms with Gasteiger partial charge in [0.1, 0.15) is 18.1 Å². The molecule has 4 aliphatic rings. The largest absolute Gasteiger partial charge is 0.507 e. The fourth-order valence-electron chi connectivity index (χ4n) is 9.45. The molecule has 10 heteroatoms. The van der Waals surface area contributed by atoms with Gasteiger partial charge in [0, 0.05) is 47.9 Å². The highest BCUT2D eigenvalue weighted by molar-refractivity contribution is 6.27. The molecular weight excluding hydrogens is 701 g/mol. The van der Waals surface area contributed by atoms with E-state index in [2.05, 4.69) is 46.6 Å². The predicted molar refractivity (Wildman–Crippen MR) is 221 cm³/mol. The summed E-state index contributed by atoms with van der Waals surface area (Å²) in [4.78, 5) is 44.0. The Hall–Kier alpha value is -5.87. The van der Waals surface area contributed by atoms with Crippen LogP contribution >= 0.6 is 0 Å². The molecule has 4 aromatic rings. The molecule has 4 N–H and O–H groups in total. The number of para-hydroxylation sites is 1. The molecule has 0 spiro atoms. The van der Waals surface area contributed by atoms with E-state index < -0.39 is 6.04 Å². The van der Waals surface area contributed by atoms with Crippen LogP contribution in [0.3, 0.4) is 0 Å². The summed E-state index contributed by atoms with van der Waals surface area (Å²) in [7, 11) is 1.56. The fraction of sp³-hybridized carbons (Fsp3) is 0.326. The van der Waals surface area contributed by atoms with E-state index in [1.165, 1.54) is 11.1 Å². The van der Waals surface area contributed by atoms with E-state index in [4.69, 9.17) is 10.8 Å². The number of hydrogen-bond donors (Lipinski definition) is 4. The Morgan fingerprint density at radius 2 is 1.68 bits per heavy atom. The van der Waals surface area contributed by atoms with Gasteiger partial charge in [-0.2, -0.15) is 0 Å². The maximum atomic E-state index is 13.7. The van der Waals surface area contributed by atoms with Gasteiger partial charge < -0.3 is 30.4 Å². The summed E-state index contributed by atoms with van der Waals surface area (Å²) in [6.07, 6.45) is 13.2. The zero-order valence-corrected chi connectivity index (χ0v) is 31.7. The van der Waals surface area contributed by atoms with Crippen molar-refractivity contribution in [1.82, 2.24) is 10.2 Å². The number of phenols is 1. The van der Waals surface area contributed by atoms with Crippen LogP contribution < -0.4 is 15.1 Å². The van der Waals surface area contributed by atoms with Gasteiger partial charge in [0.2, 0.25) is 5.91 Å². The van der Waals surface area contributed by atoms with Crippen LogP contribution in [0, 0.1) is 10.8 Å². The van der Waals surface area contributed by atoms with Crippen molar-refractivity contribution >= 4 is 51.7 Å². The monoisotopic (exact) mass is 748 g/mol. The number of nitrogens with one attached hydrogen (secondary N) is 3. The van der Waals surface area contributed by atoms with Gasteiger partial charge in [-0.1, -0.05) is 42.5 Å². The summed E-state index contributed by atoms with van der Waals surface area (Å²) in [6.45, 7) is 2.15. The number of hydrogen-bond acceptors (Lipinski definition) is 8. The molecule has 8 rings (SSSR count). The minimum absolute atomic E-state index is 0.0474. The summed E-state index contributed by atoms with van der Waals surface area (Å²) in [5, 5.41) is 32.0. The third-order valence-corrected chi connectivity index (χ3v) is 12.4. The van der Waals surface area contributed by atoms with E-state index in [0.717, 1.165) is 80.0 Å². The Bertz CT molecular complexity index is 2260. The van der Waals surface area contributed by atoms with Crippen molar-refractivity contribution in [3.63, 3.8) is 0 Å². The number of aldehydes is 1. The number of amides is 2. The maximum absolute atomic E-state index is 13.7. The number of phenolic OH excluding ortho intramolecular Hbond substituents is 1. The first-order valence-electron chi connectivity index (χ1n) is 19.8. The van der Waals surface area contributed by atoms with E-state index >= 15 is 0 Å². The number of rotatable bonds is 11. The summed E-state index contributed by atoms with van der Waals surface area (Å²) < 4.78 is 0. The minimum Gasteiger partial charge on any atom is -0.507 e. The molecule has 2 amide bonds. The van der Waals surface area contributed by atoms with E-state index in [1.807, 2.05) is 29.3 Å². The van der Waals surface area contributed by atoms with Crippen LogP contribution in [0.1, 0.15) is 90.3 Å². The molecule has 2 fully saturated rings. The van der Waals surface area contributed by atoms with Crippen LogP contribution in [0.15, 0.2) is 103 Å². The molecule has 1 unspecified atom stereocenters. The van der Waals surface area contributed by atoms with Gasteiger partial charge in [0.15, 0.2) is 0 Å². The van der Waals surface area contributed by atoms with Crippen molar-refractivity contribution in [1.29, 1.82) is 10.8 Å². The van der Waals surface area contributed by atoms with Crippen molar-refractivity contribution < 1.29 is 19.5 Å². The highest BCUT2D eigenvalue weighted by Crippen LogP contribution is 2.45. The highest BCUT2D eigenvalue weighted by atomic mass is 16.3. The second kappa shape index (κ2) is 15.7.